The minimum absolute atomic E-state index is 0.00497. The van der Waals surface area contributed by atoms with Crippen molar-refractivity contribution < 1.29 is 9.90 Å². The summed E-state index contributed by atoms with van der Waals surface area (Å²) in [7, 11) is 0. The normalized spacial score (nSPS) is 18.2. The van der Waals surface area contributed by atoms with Crippen LogP contribution in [0.1, 0.15) is 50.2 Å². The van der Waals surface area contributed by atoms with Gasteiger partial charge in [0, 0.05) is 24.7 Å². The van der Waals surface area contributed by atoms with E-state index in [1.807, 2.05) is 32.9 Å². The average molecular weight is 304 g/mol. The molecule has 1 amide bonds. The number of rotatable bonds is 6. The summed E-state index contributed by atoms with van der Waals surface area (Å²) in [5, 5.41) is 16.6. The molecule has 1 fully saturated rings. The molecule has 1 aliphatic carbocycles. The van der Waals surface area contributed by atoms with E-state index in [0.29, 0.717) is 13.0 Å². The number of amides is 1. The largest absolute Gasteiger partial charge is 0.389 e. The molecule has 0 heterocycles. The van der Waals surface area contributed by atoms with Crippen molar-refractivity contribution in [3.05, 3.63) is 29.3 Å². The smallest absolute Gasteiger partial charge is 0.225 e. The van der Waals surface area contributed by atoms with Crippen molar-refractivity contribution in [3.63, 3.8) is 0 Å². The molecule has 4 heteroatoms. The fraction of sp³-hybridized carbons (Fsp3) is 0.611. The SMILES string of the molecule is Cc1ccc(NC(=O)CC(C)NCC2(O)CCCC2)c(C)c1. The molecule has 1 aromatic rings. The fourth-order valence-corrected chi connectivity index (χ4v) is 3.08. The van der Waals surface area contributed by atoms with Crippen LogP contribution in [0, 0.1) is 13.8 Å². The van der Waals surface area contributed by atoms with Crippen LogP contribution in [0.4, 0.5) is 5.69 Å². The molecule has 1 unspecified atom stereocenters. The van der Waals surface area contributed by atoms with E-state index >= 15 is 0 Å². The average Bonchev–Trinajstić information content (AvgIpc) is 2.87. The molecule has 0 radical (unpaired) electrons. The Kier molecular flexibility index (Phi) is 5.59. The minimum atomic E-state index is -0.571. The summed E-state index contributed by atoms with van der Waals surface area (Å²) < 4.78 is 0. The van der Waals surface area contributed by atoms with E-state index < -0.39 is 5.60 Å². The molecule has 1 saturated carbocycles. The second-order valence-electron chi connectivity index (χ2n) is 6.78. The molecular weight excluding hydrogens is 276 g/mol. The Bertz CT molecular complexity index is 522. The zero-order valence-corrected chi connectivity index (χ0v) is 13.9. The second kappa shape index (κ2) is 7.25. The zero-order valence-electron chi connectivity index (χ0n) is 13.9. The Balaban J connectivity index is 1.78. The molecular formula is C18H28N2O2. The Morgan fingerprint density at radius 2 is 2.00 bits per heavy atom. The van der Waals surface area contributed by atoms with Gasteiger partial charge in [0.1, 0.15) is 0 Å². The quantitative estimate of drug-likeness (QED) is 0.757. The first-order valence-corrected chi connectivity index (χ1v) is 8.21. The highest BCUT2D eigenvalue weighted by Crippen LogP contribution is 2.28. The van der Waals surface area contributed by atoms with Crippen LogP contribution in [0.2, 0.25) is 0 Å². The van der Waals surface area contributed by atoms with Crippen LogP contribution in [0.5, 0.6) is 0 Å². The number of benzene rings is 1. The van der Waals surface area contributed by atoms with Crippen molar-refractivity contribution in [3.8, 4) is 0 Å². The van der Waals surface area contributed by atoms with Gasteiger partial charge in [-0.25, -0.2) is 0 Å². The van der Waals surface area contributed by atoms with Gasteiger partial charge in [-0.05, 0) is 45.2 Å². The molecule has 0 saturated heterocycles. The molecule has 22 heavy (non-hydrogen) atoms. The van der Waals surface area contributed by atoms with Gasteiger partial charge in [-0.3, -0.25) is 4.79 Å². The first kappa shape index (κ1) is 17.0. The van der Waals surface area contributed by atoms with Crippen LogP contribution in [0.15, 0.2) is 18.2 Å². The van der Waals surface area contributed by atoms with Crippen LogP contribution in [-0.4, -0.2) is 29.2 Å². The number of hydrogen-bond acceptors (Lipinski definition) is 3. The van der Waals surface area contributed by atoms with Crippen LogP contribution in [0.3, 0.4) is 0 Å². The van der Waals surface area contributed by atoms with Gasteiger partial charge < -0.3 is 15.7 Å². The molecule has 0 bridgehead atoms. The molecule has 1 aliphatic rings. The number of carbonyl (C=O) groups is 1. The van der Waals surface area contributed by atoms with E-state index in [1.165, 1.54) is 5.56 Å². The summed E-state index contributed by atoms with van der Waals surface area (Å²) in [5.74, 6) is 0.00497. The molecule has 0 aliphatic heterocycles. The van der Waals surface area contributed by atoms with Crippen LogP contribution in [-0.2, 0) is 4.79 Å². The van der Waals surface area contributed by atoms with Crippen molar-refractivity contribution in [2.75, 3.05) is 11.9 Å². The number of carbonyl (C=O) groups excluding carboxylic acids is 1. The molecule has 2 rings (SSSR count). The lowest BCUT2D eigenvalue weighted by Crippen LogP contribution is -2.42. The molecule has 3 N–H and O–H groups in total. The van der Waals surface area contributed by atoms with Gasteiger partial charge in [-0.2, -0.15) is 0 Å². The lowest BCUT2D eigenvalue weighted by atomic mass is 10.0. The number of anilines is 1. The summed E-state index contributed by atoms with van der Waals surface area (Å²) in [6, 6.07) is 6.06. The molecule has 0 aromatic heterocycles. The van der Waals surface area contributed by atoms with Crippen molar-refractivity contribution in [2.24, 2.45) is 0 Å². The van der Waals surface area contributed by atoms with E-state index in [0.717, 1.165) is 36.9 Å². The zero-order chi connectivity index (χ0) is 16.2. The maximum absolute atomic E-state index is 12.1. The second-order valence-corrected chi connectivity index (χ2v) is 6.78. The van der Waals surface area contributed by atoms with E-state index in [4.69, 9.17) is 0 Å². The number of aliphatic hydroxyl groups is 1. The van der Waals surface area contributed by atoms with E-state index in [2.05, 4.69) is 16.7 Å². The Morgan fingerprint density at radius 3 is 2.64 bits per heavy atom. The summed E-state index contributed by atoms with van der Waals surface area (Å²) in [5.41, 5.74) is 2.57. The topological polar surface area (TPSA) is 61.4 Å². The third kappa shape index (κ3) is 4.82. The number of aryl methyl sites for hydroxylation is 2. The van der Waals surface area contributed by atoms with Gasteiger partial charge in [-0.15, -0.1) is 0 Å². The Labute approximate surface area is 133 Å². The van der Waals surface area contributed by atoms with Crippen molar-refractivity contribution in [2.45, 2.75) is 64.5 Å². The summed E-state index contributed by atoms with van der Waals surface area (Å²) in [6.07, 6.45) is 4.33. The third-order valence-corrected chi connectivity index (χ3v) is 4.46. The van der Waals surface area contributed by atoms with Gasteiger partial charge in [0.05, 0.1) is 5.60 Å². The Hall–Kier alpha value is -1.39. The van der Waals surface area contributed by atoms with Crippen LogP contribution < -0.4 is 10.6 Å². The van der Waals surface area contributed by atoms with Gasteiger partial charge in [0.15, 0.2) is 0 Å². The van der Waals surface area contributed by atoms with Gasteiger partial charge in [0.25, 0.3) is 0 Å². The number of hydrogen-bond donors (Lipinski definition) is 3. The van der Waals surface area contributed by atoms with E-state index in [1.54, 1.807) is 0 Å². The monoisotopic (exact) mass is 304 g/mol. The highest BCUT2D eigenvalue weighted by Gasteiger charge is 2.31. The van der Waals surface area contributed by atoms with Crippen molar-refractivity contribution in [1.82, 2.24) is 5.32 Å². The van der Waals surface area contributed by atoms with Crippen molar-refractivity contribution >= 4 is 11.6 Å². The van der Waals surface area contributed by atoms with Crippen LogP contribution >= 0.6 is 0 Å². The predicted molar refractivity (Wildman–Crippen MR) is 90.0 cm³/mol. The van der Waals surface area contributed by atoms with Crippen LogP contribution in [0.25, 0.3) is 0 Å². The molecule has 1 aromatic carbocycles. The summed E-state index contributed by atoms with van der Waals surface area (Å²) in [6.45, 7) is 6.60. The highest BCUT2D eigenvalue weighted by molar-refractivity contribution is 5.91. The van der Waals surface area contributed by atoms with Gasteiger partial charge in [0.2, 0.25) is 5.91 Å². The fourth-order valence-electron chi connectivity index (χ4n) is 3.08. The van der Waals surface area contributed by atoms with Gasteiger partial charge in [-0.1, -0.05) is 30.5 Å². The lowest BCUT2D eigenvalue weighted by Gasteiger charge is -2.25. The maximum Gasteiger partial charge on any atom is 0.225 e. The molecule has 1 atom stereocenters. The molecule has 4 nitrogen and oxygen atoms in total. The highest BCUT2D eigenvalue weighted by atomic mass is 16.3. The summed E-state index contributed by atoms with van der Waals surface area (Å²) in [4.78, 5) is 12.1. The van der Waals surface area contributed by atoms with Gasteiger partial charge >= 0.3 is 0 Å². The lowest BCUT2D eigenvalue weighted by molar-refractivity contribution is -0.116. The minimum Gasteiger partial charge on any atom is -0.389 e. The first-order chi connectivity index (χ1) is 10.4. The molecule has 0 spiro atoms. The Morgan fingerprint density at radius 1 is 1.32 bits per heavy atom. The maximum atomic E-state index is 12.1. The summed E-state index contributed by atoms with van der Waals surface area (Å²) >= 11 is 0. The standard InChI is InChI=1S/C18H28N2O2/c1-13-6-7-16(14(2)10-13)20-17(21)11-15(3)19-12-18(22)8-4-5-9-18/h6-7,10,15,19,22H,4-5,8-9,11-12H2,1-3H3,(H,20,21). The predicted octanol–water partition coefficient (Wildman–Crippen LogP) is 2.92. The van der Waals surface area contributed by atoms with E-state index in [-0.39, 0.29) is 11.9 Å². The molecule has 122 valence electrons. The first-order valence-electron chi connectivity index (χ1n) is 8.21. The third-order valence-electron chi connectivity index (χ3n) is 4.46. The van der Waals surface area contributed by atoms with Crippen molar-refractivity contribution in [1.29, 1.82) is 0 Å². The number of nitrogens with one attached hydrogen (secondary N) is 2. The van der Waals surface area contributed by atoms with E-state index in [9.17, 15) is 9.90 Å².